The van der Waals surface area contributed by atoms with Crippen molar-refractivity contribution in [3.05, 3.63) is 17.5 Å². The number of carbonyl (C=O) groups excluding carboxylic acids is 1. The Labute approximate surface area is 112 Å². The molecule has 0 aromatic carbocycles. The molecule has 1 aromatic heterocycles. The maximum Gasteiger partial charge on any atom is 0.269 e. The fourth-order valence-corrected chi connectivity index (χ4v) is 1.77. The van der Waals surface area contributed by atoms with E-state index in [0.717, 1.165) is 12.1 Å². The molecule has 0 aliphatic rings. The van der Waals surface area contributed by atoms with Gasteiger partial charge in [-0.15, -0.1) is 0 Å². The minimum atomic E-state index is -0.214. The number of amidine groups is 1. The average molecular weight is 267 g/mol. The molecule has 1 atom stereocenters. The highest BCUT2D eigenvalue weighted by molar-refractivity contribution is 5.93. The molecule has 0 bridgehead atoms. The number of hydrogen-bond acceptors (Lipinski definition) is 4. The summed E-state index contributed by atoms with van der Waals surface area (Å²) in [5.41, 5.74) is 6.82. The van der Waals surface area contributed by atoms with Crippen LogP contribution in [0.3, 0.4) is 0 Å². The van der Waals surface area contributed by atoms with Crippen molar-refractivity contribution in [1.82, 2.24) is 15.1 Å². The van der Waals surface area contributed by atoms with Crippen LogP contribution in [0.4, 0.5) is 0 Å². The molecule has 1 unspecified atom stereocenters. The van der Waals surface area contributed by atoms with Gasteiger partial charge in [0.1, 0.15) is 11.5 Å². The summed E-state index contributed by atoms with van der Waals surface area (Å²) in [5.74, 6) is -0.113. The van der Waals surface area contributed by atoms with Gasteiger partial charge in [0.25, 0.3) is 5.91 Å². The summed E-state index contributed by atoms with van der Waals surface area (Å²) >= 11 is 0. The van der Waals surface area contributed by atoms with Gasteiger partial charge in [0.2, 0.25) is 0 Å². The molecule has 0 aliphatic heterocycles. The molecular formula is C12H21N5O2. The van der Waals surface area contributed by atoms with Crippen LogP contribution in [0.2, 0.25) is 0 Å². The highest BCUT2D eigenvalue weighted by atomic mass is 16.4. The summed E-state index contributed by atoms with van der Waals surface area (Å²) in [7, 11) is 0. The molecule has 0 fully saturated rings. The fourth-order valence-electron chi connectivity index (χ4n) is 1.77. The van der Waals surface area contributed by atoms with E-state index in [2.05, 4.69) is 15.6 Å². The van der Waals surface area contributed by atoms with Crippen molar-refractivity contribution in [3.8, 4) is 0 Å². The predicted molar refractivity (Wildman–Crippen MR) is 72.2 cm³/mol. The highest BCUT2D eigenvalue weighted by Crippen LogP contribution is 2.06. The zero-order valence-corrected chi connectivity index (χ0v) is 11.6. The number of carbonyl (C=O) groups is 1. The Kier molecular flexibility index (Phi) is 5.35. The Morgan fingerprint density at radius 3 is 2.84 bits per heavy atom. The first kappa shape index (κ1) is 15.0. The minimum absolute atomic E-state index is 0.0889. The van der Waals surface area contributed by atoms with Crippen molar-refractivity contribution in [2.45, 2.75) is 46.2 Å². The number of amides is 1. The van der Waals surface area contributed by atoms with Gasteiger partial charge in [0.15, 0.2) is 0 Å². The summed E-state index contributed by atoms with van der Waals surface area (Å²) in [4.78, 5) is 12.1. The van der Waals surface area contributed by atoms with E-state index >= 15 is 0 Å². The second-order valence-electron chi connectivity index (χ2n) is 4.36. The molecular weight excluding hydrogens is 246 g/mol. The molecule has 1 heterocycles. The molecule has 1 amide bonds. The fraction of sp³-hybridized carbons (Fsp3) is 0.583. The first-order valence-corrected chi connectivity index (χ1v) is 6.35. The zero-order chi connectivity index (χ0) is 14.4. The van der Waals surface area contributed by atoms with Crippen LogP contribution >= 0.6 is 0 Å². The third-order valence-corrected chi connectivity index (χ3v) is 2.75. The number of aromatic nitrogens is 2. The maximum absolute atomic E-state index is 12.1. The highest BCUT2D eigenvalue weighted by Gasteiger charge is 2.16. The SMILES string of the molecule is CCc1cc(C(=O)NC(C)CC(N)=NO)n(CC)n1. The number of hydrogen-bond donors (Lipinski definition) is 3. The molecule has 7 nitrogen and oxygen atoms in total. The molecule has 19 heavy (non-hydrogen) atoms. The lowest BCUT2D eigenvalue weighted by atomic mass is 10.2. The van der Waals surface area contributed by atoms with E-state index in [1.54, 1.807) is 17.7 Å². The van der Waals surface area contributed by atoms with Crippen LogP contribution in [-0.2, 0) is 13.0 Å². The number of nitrogens with one attached hydrogen (secondary N) is 1. The molecule has 0 spiro atoms. The quantitative estimate of drug-likeness (QED) is 0.305. The number of aryl methyl sites for hydroxylation is 2. The Bertz CT molecular complexity index is 467. The summed E-state index contributed by atoms with van der Waals surface area (Å²) in [6.45, 7) is 6.36. The smallest absolute Gasteiger partial charge is 0.269 e. The van der Waals surface area contributed by atoms with E-state index in [1.807, 2.05) is 13.8 Å². The number of nitrogens with two attached hydrogens (primary N) is 1. The standard InChI is InChI=1S/C12H21N5O2/c1-4-9-7-10(17(5-2)15-9)12(18)14-8(3)6-11(13)16-19/h7-8,19H,4-6H2,1-3H3,(H2,13,16)(H,14,18). The summed E-state index contributed by atoms with van der Waals surface area (Å²) in [5, 5.41) is 18.5. The van der Waals surface area contributed by atoms with Crippen LogP contribution in [0.15, 0.2) is 11.2 Å². The van der Waals surface area contributed by atoms with Crippen LogP contribution in [0.5, 0.6) is 0 Å². The topological polar surface area (TPSA) is 106 Å². The molecule has 0 aliphatic carbocycles. The van der Waals surface area contributed by atoms with E-state index in [-0.39, 0.29) is 17.8 Å². The van der Waals surface area contributed by atoms with Crippen molar-refractivity contribution in [1.29, 1.82) is 0 Å². The van der Waals surface area contributed by atoms with Crippen LogP contribution in [0, 0.1) is 0 Å². The van der Waals surface area contributed by atoms with Crippen LogP contribution in [0.25, 0.3) is 0 Å². The van der Waals surface area contributed by atoms with Crippen molar-refractivity contribution < 1.29 is 10.0 Å². The summed E-state index contributed by atoms with van der Waals surface area (Å²) in [6, 6.07) is 1.57. The number of rotatable bonds is 6. The monoisotopic (exact) mass is 267 g/mol. The van der Waals surface area contributed by atoms with Gasteiger partial charge in [0.05, 0.1) is 5.69 Å². The van der Waals surface area contributed by atoms with E-state index in [0.29, 0.717) is 18.7 Å². The lowest BCUT2D eigenvalue weighted by Crippen LogP contribution is -2.36. The van der Waals surface area contributed by atoms with Crippen LogP contribution in [0.1, 0.15) is 43.4 Å². The van der Waals surface area contributed by atoms with Crippen LogP contribution < -0.4 is 11.1 Å². The van der Waals surface area contributed by atoms with Gasteiger partial charge in [-0.1, -0.05) is 12.1 Å². The van der Waals surface area contributed by atoms with Gasteiger partial charge in [0, 0.05) is 19.0 Å². The van der Waals surface area contributed by atoms with Crippen molar-refractivity contribution in [2.75, 3.05) is 0 Å². The second-order valence-corrected chi connectivity index (χ2v) is 4.36. The first-order chi connectivity index (χ1) is 9.01. The van der Waals surface area contributed by atoms with Gasteiger partial charge in [-0.2, -0.15) is 5.10 Å². The van der Waals surface area contributed by atoms with Gasteiger partial charge in [-0.3, -0.25) is 9.48 Å². The maximum atomic E-state index is 12.1. The van der Waals surface area contributed by atoms with Crippen molar-refractivity contribution in [2.24, 2.45) is 10.9 Å². The largest absolute Gasteiger partial charge is 0.409 e. The molecule has 0 radical (unpaired) electrons. The molecule has 4 N–H and O–H groups in total. The van der Waals surface area contributed by atoms with E-state index < -0.39 is 0 Å². The lowest BCUT2D eigenvalue weighted by Gasteiger charge is -2.13. The van der Waals surface area contributed by atoms with E-state index in [9.17, 15) is 4.79 Å². The van der Waals surface area contributed by atoms with Crippen molar-refractivity contribution >= 4 is 11.7 Å². The molecule has 106 valence electrons. The van der Waals surface area contributed by atoms with Gasteiger partial charge >= 0.3 is 0 Å². The Balaban J connectivity index is 2.75. The Morgan fingerprint density at radius 1 is 1.63 bits per heavy atom. The summed E-state index contributed by atoms with van der Waals surface area (Å²) < 4.78 is 1.67. The van der Waals surface area contributed by atoms with Gasteiger partial charge < -0.3 is 16.3 Å². The first-order valence-electron chi connectivity index (χ1n) is 6.35. The molecule has 0 saturated heterocycles. The normalized spacial score (nSPS) is 13.3. The second kappa shape index (κ2) is 6.77. The third kappa shape index (κ3) is 3.97. The van der Waals surface area contributed by atoms with Gasteiger partial charge in [-0.25, -0.2) is 0 Å². The van der Waals surface area contributed by atoms with E-state index in [1.165, 1.54) is 0 Å². The molecule has 7 heteroatoms. The summed E-state index contributed by atoms with van der Waals surface area (Å²) in [6.07, 6.45) is 1.08. The Hall–Kier alpha value is -2.05. The third-order valence-electron chi connectivity index (χ3n) is 2.75. The zero-order valence-electron chi connectivity index (χ0n) is 11.6. The predicted octanol–water partition coefficient (Wildman–Crippen LogP) is 0.720. The molecule has 1 aromatic rings. The Morgan fingerprint density at radius 2 is 2.32 bits per heavy atom. The van der Waals surface area contributed by atoms with Gasteiger partial charge in [-0.05, 0) is 26.3 Å². The number of oxime groups is 1. The van der Waals surface area contributed by atoms with Crippen LogP contribution in [-0.4, -0.2) is 32.8 Å². The molecule has 1 rings (SSSR count). The number of nitrogens with zero attached hydrogens (tertiary/aromatic N) is 3. The lowest BCUT2D eigenvalue weighted by molar-refractivity contribution is 0.0930. The van der Waals surface area contributed by atoms with E-state index in [4.69, 9.17) is 10.9 Å². The molecule has 0 saturated carbocycles. The minimum Gasteiger partial charge on any atom is -0.409 e. The van der Waals surface area contributed by atoms with Crippen molar-refractivity contribution in [3.63, 3.8) is 0 Å². The average Bonchev–Trinajstić information content (AvgIpc) is 2.81.